The predicted octanol–water partition coefficient (Wildman–Crippen LogP) is 6.52. The average Bonchev–Trinajstić information content (AvgIpc) is 3.02. The molecule has 0 unspecified atom stereocenters. The summed E-state index contributed by atoms with van der Waals surface area (Å²) >= 11 is 0. The van der Waals surface area contributed by atoms with Gasteiger partial charge in [-0.3, -0.25) is 13.6 Å². The number of nitrogens with zero attached hydrogens (tertiary/aromatic N) is 2. The Kier molecular flexibility index (Phi) is 20.7. The molecular weight excluding hydrogens is 694 g/mol. The zero-order chi connectivity index (χ0) is 36.0. The molecule has 5 N–H and O–H groups in total. The number of hydrogen-bond donors (Lipinski definition) is 5. The molecule has 0 aliphatic carbocycles. The Labute approximate surface area is 291 Å². The number of pyridine rings is 1. The molecule has 49 heavy (non-hydrogen) atoms. The Bertz CT molecular complexity index is 1370. The standard InChI is InChI=1S/C33H54N2O11P2S/c36-47(37,38)45-28-12-7-3-1-5-9-24-35(25-10-6-2-4-8-13-29-46-48(39,40)41)33-19-17-31(18-20-33)15-16-32-21-26-34(27-22-32)23-11-14-30-49(42,43)44/h15-22,26-27H,1-14,23-25,28-30H2,(H4-,36,37,38,39,40,41,42,43,44)/p+1. The van der Waals surface area contributed by atoms with E-state index in [1.54, 1.807) is 0 Å². The second-order valence-electron chi connectivity index (χ2n) is 12.2. The van der Waals surface area contributed by atoms with Gasteiger partial charge >= 0.3 is 15.6 Å². The molecule has 0 aliphatic heterocycles. The van der Waals surface area contributed by atoms with Gasteiger partial charge in [0, 0.05) is 37.3 Å². The lowest BCUT2D eigenvalue weighted by atomic mass is 10.1. The van der Waals surface area contributed by atoms with Crippen molar-refractivity contribution < 1.29 is 55.3 Å². The molecule has 1 heterocycles. The highest BCUT2D eigenvalue weighted by Gasteiger charge is 2.13. The van der Waals surface area contributed by atoms with Crippen LogP contribution in [-0.4, -0.2) is 64.6 Å². The summed E-state index contributed by atoms with van der Waals surface area (Å²) in [6.07, 6.45) is 20.3. The van der Waals surface area contributed by atoms with Crippen LogP contribution < -0.4 is 9.47 Å². The third-order valence-corrected chi connectivity index (χ3v) is 9.72. The lowest BCUT2D eigenvalue weighted by Gasteiger charge is -2.25. The van der Waals surface area contributed by atoms with Crippen molar-refractivity contribution in [2.75, 3.05) is 37.0 Å². The summed E-state index contributed by atoms with van der Waals surface area (Å²) in [5.41, 5.74) is 3.29. The van der Waals surface area contributed by atoms with E-state index in [9.17, 15) is 17.5 Å². The molecule has 0 saturated heterocycles. The van der Waals surface area contributed by atoms with Crippen molar-refractivity contribution in [3.8, 4) is 0 Å². The van der Waals surface area contributed by atoms with E-state index in [0.29, 0.717) is 32.2 Å². The number of phosphoric acid groups is 2. The highest BCUT2D eigenvalue weighted by molar-refractivity contribution is 7.85. The van der Waals surface area contributed by atoms with Gasteiger partial charge in [0.05, 0.1) is 19.0 Å². The summed E-state index contributed by atoms with van der Waals surface area (Å²) in [5.74, 6) is -0.223. The molecule has 2 aromatic rings. The van der Waals surface area contributed by atoms with Gasteiger partial charge < -0.3 is 24.5 Å². The van der Waals surface area contributed by atoms with Crippen molar-refractivity contribution in [1.29, 1.82) is 0 Å². The first-order valence-electron chi connectivity index (χ1n) is 17.1. The molecule has 0 atom stereocenters. The zero-order valence-corrected chi connectivity index (χ0v) is 30.9. The normalized spacial score (nSPS) is 12.6. The minimum atomic E-state index is -4.39. The molecular formula is C33H55N2O11P2S+. The second-order valence-corrected chi connectivity index (χ2v) is 16.2. The van der Waals surface area contributed by atoms with Gasteiger partial charge in [0.2, 0.25) is 0 Å². The fraction of sp³-hybridized carbons (Fsp3) is 0.606. The lowest BCUT2D eigenvalue weighted by Crippen LogP contribution is -2.32. The molecule has 16 heteroatoms. The molecule has 0 spiro atoms. The van der Waals surface area contributed by atoms with Crippen LogP contribution in [0.4, 0.5) is 5.69 Å². The van der Waals surface area contributed by atoms with Gasteiger partial charge in [0.15, 0.2) is 12.4 Å². The smallest absolute Gasteiger partial charge is 0.372 e. The van der Waals surface area contributed by atoms with Crippen LogP contribution in [0.25, 0.3) is 12.2 Å². The predicted molar refractivity (Wildman–Crippen MR) is 191 cm³/mol. The van der Waals surface area contributed by atoms with Crippen LogP contribution in [0.15, 0.2) is 48.8 Å². The van der Waals surface area contributed by atoms with E-state index < -0.39 is 25.8 Å². The van der Waals surface area contributed by atoms with Gasteiger partial charge in [-0.1, -0.05) is 75.7 Å². The Morgan fingerprint density at radius 1 is 0.612 bits per heavy atom. The van der Waals surface area contributed by atoms with Crippen LogP contribution in [0, 0.1) is 0 Å². The van der Waals surface area contributed by atoms with E-state index in [1.807, 2.05) is 35.2 Å². The van der Waals surface area contributed by atoms with Crippen molar-refractivity contribution in [2.45, 2.75) is 96.4 Å². The molecule has 0 fully saturated rings. The Morgan fingerprint density at radius 2 is 1.04 bits per heavy atom. The first-order chi connectivity index (χ1) is 23.2. The number of anilines is 1. The second kappa shape index (κ2) is 23.5. The van der Waals surface area contributed by atoms with Gasteiger partial charge in [-0.15, -0.1) is 0 Å². The van der Waals surface area contributed by atoms with Crippen LogP contribution in [0.2, 0.25) is 0 Å². The maximum atomic E-state index is 10.9. The molecule has 0 radical (unpaired) electrons. The third-order valence-electron chi connectivity index (χ3n) is 7.88. The number of rotatable bonds is 28. The molecule has 0 amide bonds. The van der Waals surface area contributed by atoms with Crippen molar-refractivity contribution in [3.05, 3.63) is 59.9 Å². The first kappa shape index (κ1) is 43.2. The number of unbranched alkanes of at least 4 members (excludes halogenated alkanes) is 11. The molecule has 278 valence electrons. The summed E-state index contributed by atoms with van der Waals surface area (Å²) in [6, 6.07) is 12.5. The van der Waals surface area contributed by atoms with Gasteiger partial charge in [-0.25, -0.2) is 13.7 Å². The Hall–Kier alpha value is -1.96. The fourth-order valence-corrected chi connectivity index (χ4v) is 6.56. The van der Waals surface area contributed by atoms with Crippen LogP contribution in [0.1, 0.15) is 101 Å². The van der Waals surface area contributed by atoms with Gasteiger partial charge in [0.1, 0.15) is 6.54 Å². The van der Waals surface area contributed by atoms with Crippen molar-refractivity contribution in [2.24, 2.45) is 0 Å². The summed E-state index contributed by atoms with van der Waals surface area (Å²) in [7, 11) is -12.7. The van der Waals surface area contributed by atoms with Gasteiger partial charge in [0.25, 0.3) is 10.1 Å². The van der Waals surface area contributed by atoms with Crippen LogP contribution in [-0.2, 0) is 34.8 Å². The van der Waals surface area contributed by atoms with Crippen LogP contribution in [0.5, 0.6) is 0 Å². The number of aromatic nitrogens is 1. The minimum absolute atomic E-state index is 0.0692. The molecule has 1 aromatic carbocycles. The highest BCUT2D eigenvalue weighted by atomic mass is 32.2. The number of phosphoric ester groups is 2. The molecule has 0 bridgehead atoms. The molecule has 13 nitrogen and oxygen atoms in total. The highest BCUT2D eigenvalue weighted by Crippen LogP contribution is 2.36. The minimum Gasteiger partial charge on any atom is -0.372 e. The van der Waals surface area contributed by atoms with E-state index >= 15 is 0 Å². The number of benzene rings is 1. The topological polar surface area (TPSA) is 195 Å². The lowest BCUT2D eigenvalue weighted by molar-refractivity contribution is -0.697. The fourth-order valence-electron chi connectivity index (χ4n) is 5.26. The largest absolute Gasteiger partial charge is 0.469 e. The maximum absolute atomic E-state index is 10.9. The maximum Gasteiger partial charge on any atom is 0.469 e. The molecule has 0 saturated carbocycles. The SMILES string of the molecule is O=P(O)(O)OCCCCCCCCN(CCCCCCCCOP(=O)(O)O)c1ccc(/C=C/c2cc[n+](CCCCS(=O)(=O)O)cc2)cc1. The van der Waals surface area contributed by atoms with E-state index in [1.165, 1.54) is 0 Å². The van der Waals surface area contributed by atoms with Crippen molar-refractivity contribution >= 4 is 43.6 Å². The quantitative estimate of drug-likeness (QED) is 0.0274. The third kappa shape index (κ3) is 24.0. The van der Waals surface area contributed by atoms with Gasteiger partial charge in [-0.2, -0.15) is 8.42 Å². The summed E-state index contributed by atoms with van der Waals surface area (Å²) < 4.78 is 63.1. The van der Waals surface area contributed by atoms with Crippen LogP contribution >= 0.6 is 15.6 Å². The first-order valence-corrected chi connectivity index (χ1v) is 21.7. The van der Waals surface area contributed by atoms with Crippen molar-refractivity contribution in [1.82, 2.24) is 0 Å². The summed E-state index contributed by atoms with van der Waals surface area (Å²) in [6.45, 7) is 2.66. The van der Waals surface area contributed by atoms with E-state index in [4.69, 9.17) is 24.1 Å². The summed E-state index contributed by atoms with van der Waals surface area (Å²) in [4.78, 5) is 37.5. The van der Waals surface area contributed by atoms with Gasteiger partial charge in [-0.05, 0) is 55.4 Å². The average molecular weight is 750 g/mol. The number of aryl methyl sites for hydroxylation is 1. The van der Waals surface area contributed by atoms with Crippen LogP contribution in [0.3, 0.4) is 0 Å². The van der Waals surface area contributed by atoms with E-state index in [2.05, 4.69) is 44.3 Å². The number of hydrogen-bond acceptors (Lipinski definition) is 7. The Balaban J connectivity index is 1.83. The molecule has 2 rings (SSSR count). The van der Waals surface area contributed by atoms with E-state index in [0.717, 1.165) is 94.1 Å². The van der Waals surface area contributed by atoms with E-state index in [-0.39, 0.29) is 19.0 Å². The Morgan fingerprint density at radius 3 is 1.49 bits per heavy atom. The molecule has 1 aromatic heterocycles. The van der Waals surface area contributed by atoms with Crippen molar-refractivity contribution in [3.63, 3.8) is 0 Å². The summed E-state index contributed by atoms with van der Waals surface area (Å²) in [5, 5.41) is 0. The molecule has 0 aliphatic rings. The zero-order valence-electron chi connectivity index (χ0n) is 28.3. The monoisotopic (exact) mass is 749 g/mol.